The summed E-state index contributed by atoms with van der Waals surface area (Å²) in [6.45, 7) is 0. The Bertz CT molecular complexity index is 1080. The third-order valence-electron chi connectivity index (χ3n) is 3.66. The van der Waals surface area contributed by atoms with E-state index in [2.05, 4.69) is 15.8 Å². The number of benzene rings is 2. The lowest BCUT2D eigenvalue weighted by Gasteiger charge is -2.06. The lowest BCUT2D eigenvalue weighted by Crippen LogP contribution is -2.17. The van der Waals surface area contributed by atoms with Crippen molar-refractivity contribution < 1.29 is 18.9 Å². The number of hydrazone groups is 1. The number of nitrogens with one attached hydrogen (secondary N) is 2. The van der Waals surface area contributed by atoms with Crippen LogP contribution in [-0.4, -0.2) is 23.0 Å². The van der Waals surface area contributed by atoms with Gasteiger partial charge in [0.2, 0.25) is 0 Å². The molecule has 0 bridgehead atoms. The Morgan fingerprint density at radius 1 is 0.966 bits per heavy atom. The molecule has 0 aliphatic carbocycles. The predicted octanol–water partition coefficient (Wildman–Crippen LogP) is 3.81. The summed E-state index contributed by atoms with van der Waals surface area (Å²) >= 11 is 0.934. The number of amides is 2. The molecule has 2 amide bonds. The second kappa shape index (κ2) is 8.85. The van der Waals surface area contributed by atoms with Gasteiger partial charge >= 0.3 is 5.00 Å². The Morgan fingerprint density at radius 3 is 2.21 bits per heavy atom. The van der Waals surface area contributed by atoms with Gasteiger partial charge in [-0.05, 0) is 54.6 Å². The summed E-state index contributed by atoms with van der Waals surface area (Å²) in [5, 5.41) is 17.0. The highest BCUT2D eigenvalue weighted by Crippen LogP contribution is 2.22. The Hall–Kier alpha value is -3.92. The van der Waals surface area contributed by atoms with Crippen molar-refractivity contribution in [3.05, 3.63) is 92.6 Å². The van der Waals surface area contributed by atoms with Gasteiger partial charge in [0, 0.05) is 22.9 Å². The van der Waals surface area contributed by atoms with E-state index < -0.39 is 22.6 Å². The van der Waals surface area contributed by atoms with Gasteiger partial charge in [-0.3, -0.25) is 19.7 Å². The molecule has 146 valence electrons. The fourth-order valence-corrected chi connectivity index (χ4v) is 2.93. The van der Waals surface area contributed by atoms with Crippen molar-refractivity contribution in [1.82, 2.24) is 5.43 Å². The first-order valence-electron chi connectivity index (χ1n) is 8.17. The van der Waals surface area contributed by atoms with Crippen LogP contribution in [0.2, 0.25) is 0 Å². The van der Waals surface area contributed by atoms with Crippen LogP contribution in [0.1, 0.15) is 25.6 Å². The molecule has 0 radical (unpaired) electrons. The highest BCUT2D eigenvalue weighted by molar-refractivity contribution is 7.16. The molecule has 10 heteroatoms. The summed E-state index contributed by atoms with van der Waals surface area (Å²) in [6.07, 6.45) is 1.31. The number of hydrogen-bond acceptors (Lipinski definition) is 6. The van der Waals surface area contributed by atoms with E-state index in [1.54, 1.807) is 12.1 Å². The fraction of sp³-hybridized carbons (Fsp3) is 0. The van der Waals surface area contributed by atoms with Gasteiger partial charge in [0.15, 0.2) is 0 Å². The average Bonchev–Trinajstić information content (AvgIpc) is 3.18. The average molecular weight is 412 g/mol. The van der Waals surface area contributed by atoms with Crippen LogP contribution >= 0.6 is 11.3 Å². The minimum atomic E-state index is -0.503. The van der Waals surface area contributed by atoms with E-state index in [0.717, 1.165) is 11.3 Å². The van der Waals surface area contributed by atoms with Crippen molar-refractivity contribution in [3.63, 3.8) is 0 Å². The van der Waals surface area contributed by atoms with Gasteiger partial charge in [0.25, 0.3) is 11.8 Å². The zero-order valence-electron chi connectivity index (χ0n) is 14.7. The van der Waals surface area contributed by atoms with E-state index in [4.69, 9.17) is 0 Å². The molecule has 0 saturated carbocycles. The van der Waals surface area contributed by atoms with Crippen LogP contribution < -0.4 is 10.7 Å². The van der Waals surface area contributed by atoms with E-state index in [-0.39, 0.29) is 5.00 Å². The minimum absolute atomic E-state index is 0.0175. The fourth-order valence-electron chi connectivity index (χ4n) is 2.24. The standard InChI is InChI=1S/C19H13FN4O4S/c20-14-5-1-12(2-6-14)18(25)22-15-7-3-13(4-8-15)19(26)23-21-11-16-9-10-17(29-16)24(27)28/h1-11H,(H,22,25)(H,23,26). The molecule has 3 rings (SSSR count). The predicted molar refractivity (Wildman–Crippen MR) is 107 cm³/mol. The van der Waals surface area contributed by atoms with Crippen LogP contribution in [-0.2, 0) is 0 Å². The molecule has 0 saturated heterocycles. The first kappa shape index (κ1) is 19.8. The second-order valence-electron chi connectivity index (χ2n) is 5.67. The van der Waals surface area contributed by atoms with Crippen LogP contribution in [0.5, 0.6) is 0 Å². The molecule has 0 unspecified atom stereocenters. The van der Waals surface area contributed by atoms with Crippen molar-refractivity contribution in [2.75, 3.05) is 5.32 Å². The number of nitrogens with zero attached hydrogens (tertiary/aromatic N) is 2. The molecule has 2 N–H and O–H groups in total. The number of halogens is 1. The van der Waals surface area contributed by atoms with E-state index >= 15 is 0 Å². The summed E-state index contributed by atoms with van der Waals surface area (Å²) < 4.78 is 12.9. The number of rotatable bonds is 6. The van der Waals surface area contributed by atoms with Crippen LogP contribution in [0.4, 0.5) is 15.1 Å². The molecule has 1 heterocycles. The maximum atomic E-state index is 12.9. The zero-order valence-corrected chi connectivity index (χ0v) is 15.5. The Labute approximate surface area is 167 Å². The SMILES string of the molecule is O=C(NN=Cc1ccc([N+](=O)[O-])s1)c1ccc(NC(=O)c2ccc(F)cc2)cc1. The van der Waals surface area contributed by atoms with E-state index in [1.807, 2.05) is 0 Å². The van der Waals surface area contributed by atoms with Gasteiger partial charge in [-0.25, -0.2) is 9.82 Å². The van der Waals surface area contributed by atoms with Crippen LogP contribution in [0.3, 0.4) is 0 Å². The van der Waals surface area contributed by atoms with Gasteiger partial charge in [0.1, 0.15) is 5.82 Å². The van der Waals surface area contributed by atoms with E-state index in [1.165, 1.54) is 54.7 Å². The number of anilines is 1. The molecule has 3 aromatic rings. The normalized spacial score (nSPS) is 10.7. The summed E-state index contributed by atoms with van der Waals surface area (Å²) in [4.78, 5) is 34.8. The van der Waals surface area contributed by atoms with Gasteiger partial charge in [0.05, 0.1) is 16.0 Å². The Morgan fingerprint density at radius 2 is 1.59 bits per heavy atom. The second-order valence-corrected chi connectivity index (χ2v) is 6.76. The smallest absolute Gasteiger partial charge is 0.322 e. The summed E-state index contributed by atoms with van der Waals surface area (Å²) in [5.41, 5.74) is 3.39. The molecule has 8 nitrogen and oxygen atoms in total. The largest absolute Gasteiger partial charge is 0.324 e. The number of thiophene rings is 1. The number of hydrogen-bond donors (Lipinski definition) is 2. The van der Waals surface area contributed by atoms with Gasteiger partial charge in [-0.2, -0.15) is 5.10 Å². The zero-order chi connectivity index (χ0) is 20.8. The summed E-state index contributed by atoms with van der Waals surface area (Å²) in [5.74, 6) is -1.32. The summed E-state index contributed by atoms with van der Waals surface area (Å²) in [6, 6.07) is 14.1. The van der Waals surface area contributed by atoms with Crippen LogP contribution in [0, 0.1) is 15.9 Å². The number of carbonyl (C=O) groups excluding carboxylic acids is 2. The molecule has 0 atom stereocenters. The van der Waals surface area contributed by atoms with Crippen LogP contribution in [0.15, 0.2) is 65.8 Å². The molecule has 29 heavy (non-hydrogen) atoms. The minimum Gasteiger partial charge on any atom is -0.322 e. The maximum Gasteiger partial charge on any atom is 0.324 e. The molecule has 1 aromatic heterocycles. The van der Waals surface area contributed by atoms with Crippen molar-refractivity contribution in [1.29, 1.82) is 0 Å². The molecular formula is C19H13FN4O4S. The first-order chi connectivity index (χ1) is 13.9. The van der Waals surface area contributed by atoms with Crippen LogP contribution in [0.25, 0.3) is 0 Å². The van der Waals surface area contributed by atoms with E-state index in [0.29, 0.717) is 21.7 Å². The molecule has 0 fully saturated rings. The number of carbonyl (C=O) groups is 2. The van der Waals surface area contributed by atoms with E-state index in [9.17, 15) is 24.1 Å². The van der Waals surface area contributed by atoms with Crippen molar-refractivity contribution in [3.8, 4) is 0 Å². The van der Waals surface area contributed by atoms with Crippen molar-refractivity contribution >= 4 is 40.1 Å². The Balaban J connectivity index is 1.56. The lowest BCUT2D eigenvalue weighted by atomic mass is 10.1. The van der Waals surface area contributed by atoms with Crippen molar-refractivity contribution in [2.45, 2.75) is 0 Å². The first-order valence-corrected chi connectivity index (χ1v) is 8.98. The highest BCUT2D eigenvalue weighted by atomic mass is 32.1. The summed E-state index contributed by atoms with van der Waals surface area (Å²) in [7, 11) is 0. The quantitative estimate of drug-likeness (QED) is 0.364. The Kier molecular flexibility index (Phi) is 6.05. The molecular weight excluding hydrogens is 399 g/mol. The lowest BCUT2D eigenvalue weighted by molar-refractivity contribution is -0.380. The molecule has 0 spiro atoms. The van der Waals surface area contributed by atoms with Crippen molar-refractivity contribution in [2.24, 2.45) is 5.10 Å². The van der Waals surface area contributed by atoms with Gasteiger partial charge in [-0.15, -0.1) is 0 Å². The van der Waals surface area contributed by atoms with Gasteiger partial charge < -0.3 is 5.32 Å². The molecule has 0 aliphatic rings. The third kappa shape index (κ3) is 5.30. The topological polar surface area (TPSA) is 114 Å². The number of nitro groups is 1. The molecule has 0 aliphatic heterocycles. The monoisotopic (exact) mass is 412 g/mol. The van der Waals surface area contributed by atoms with Gasteiger partial charge in [-0.1, -0.05) is 11.3 Å². The maximum absolute atomic E-state index is 12.9. The highest BCUT2D eigenvalue weighted by Gasteiger charge is 2.09. The third-order valence-corrected chi connectivity index (χ3v) is 4.63. The molecule has 2 aromatic carbocycles.